The fourth-order valence-corrected chi connectivity index (χ4v) is 3.31. The molecule has 3 nitrogen and oxygen atoms in total. The smallest absolute Gasteiger partial charge is 0.140 e. The molecule has 4 rings (SSSR count). The molecule has 2 atom stereocenters. The van der Waals surface area contributed by atoms with E-state index in [4.69, 9.17) is 0 Å². The number of anilines is 1. The van der Waals surface area contributed by atoms with Crippen LogP contribution in [0.5, 0.6) is 0 Å². The van der Waals surface area contributed by atoms with Crippen LogP contribution in [0.4, 0.5) is 10.2 Å². The third-order valence-electron chi connectivity index (χ3n) is 4.35. The summed E-state index contributed by atoms with van der Waals surface area (Å²) in [6.45, 7) is 3.15. The van der Waals surface area contributed by atoms with Crippen molar-refractivity contribution in [3.05, 3.63) is 66.2 Å². The summed E-state index contributed by atoms with van der Waals surface area (Å²) in [4.78, 5) is 10.9. The van der Waals surface area contributed by atoms with Gasteiger partial charge in [0.15, 0.2) is 0 Å². The second kappa shape index (κ2) is 5.05. The number of nitrogens with zero attached hydrogens (tertiary/aromatic N) is 3. The first-order chi connectivity index (χ1) is 10.7. The van der Waals surface area contributed by atoms with Crippen molar-refractivity contribution < 1.29 is 4.39 Å². The van der Waals surface area contributed by atoms with E-state index >= 15 is 0 Å². The zero-order chi connectivity index (χ0) is 15.1. The second-order valence-electron chi connectivity index (χ2n) is 5.84. The van der Waals surface area contributed by atoms with Crippen molar-refractivity contribution in [2.75, 3.05) is 11.4 Å². The molecule has 22 heavy (non-hydrogen) atoms. The van der Waals surface area contributed by atoms with Crippen LogP contribution < -0.4 is 4.90 Å². The van der Waals surface area contributed by atoms with Crippen LogP contribution in [0.2, 0.25) is 0 Å². The summed E-state index contributed by atoms with van der Waals surface area (Å²) in [5, 5.41) is 0.773. The van der Waals surface area contributed by atoms with Crippen molar-refractivity contribution in [3.8, 4) is 0 Å². The van der Waals surface area contributed by atoms with Crippen molar-refractivity contribution >= 4 is 16.7 Å². The minimum Gasteiger partial charge on any atom is -0.348 e. The first-order valence-electron chi connectivity index (χ1n) is 7.46. The van der Waals surface area contributed by atoms with Crippen molar-refractivity contribution in [1.29, 1.82) is 0 Å². The lowest BCUT2D eigenvalue weighted by Crippen LogP contribution is -2.49. The number of hydrogen-bond acceptors (Lipinski definition) is 3. The lowest BCUT2D eigenvalue weighted by molar-refractivity contribution is 0.323. The molecule has 0 aliphatic carbocycles. The lowest BCUT2D eigenvalue weighted by Gasteiger charge is -2.48. The van der Waals surface area contributed by atoms with Crippen LogP contribution >= 0.6 is 0 Å². The Bertz CT molecular complexity index is 819. The van der Waals surface area contributed by atoms with E-state index in [1.54, 1.807) is 12.4 Å². The maximum Gasteiger partial charge on any atom is 0.140 e. The monoisotopic (exact) mass is 293 g/mol. The molecule has 1 saturated heterocycles. The standard InChI is InChI=1S/C18H16FN3/c1-12-10-22(17(12)13-5-3-2-4-6-13)18-15-9-14(19)7-8-16(15)20-11-21-18/h2-9,11-12,17H,10H2,1H3. The van der Waals surface area contributed by atoms with E-state index in [9.17, 15) is 4.39 Å². The predicted molar refractivity (Wildman–Crippen MR) is 85.2 cm³/mol. The Balaban J connectivity index is 1.81. The van der Waals surface area contributed by atoms with E-state index in [2.05, 4.69) is 46.1 Å². The quantitative estimate of drug-likeness (QED) is 0.716. The van der Waals surface area contributed by atoms with Gasteiger partial charge in [-0.15, -0.1) is 0 Å². The SMILES string of the molecule is CC1CN(c2ncnc3ccc(F)cc23)C1c1ccccc1. The van der Waals surface area contributed by atoms with E-state index in [1.165, 1.54) is 17.7 Å². The summed E-state index contributed by atoms with van der Waals surface area (Å²) < 4.78 is 13.6. The Kier molecular flexibility index (Phi) is 3.03. The van der Waals surface area contributed by atoms with Crippen LogP contribution in [0.3, 0.4) is 0 Å². The van der Waals surface area contributed by atoms with Gasteiger partial charge < -0.3 is 4.90 Å². The molecule has 2 unspecified atom stereocenters. The molecule has 110 valence electrons. The highest BCUT2D eigenvalue weighted by atomic mass is 19.1. The lowest BCUT2D eigenvalue weighted by atomic mass is 9.84. The average molecular weight is 293 g/mol. The Morgan fingerprint density at radius 2 is 1.91 bits per heavy atom. The fourth-order valence-electron chi connectivity index (χ4n) is 3.31. The maximum absolute atomic E-state index is 13.6. The number of fused-ring (bicyclic) bond motifs is 1. The molecule has 0 radical (unpaired) electrons. The molecule has 0 amide bonds. The van der Waals surface area contributed by atoms with Crippen LogP contribution in [0.15, 0.2) is 54.9 Å². The van der Waals surface area contributed by atoms with Gasteiger partial charge in [-0.25, -0.2) is 14.4 Å². The molecule has 0 saturated carbocycles. The van der Waals surface area contributed by atoms with Gasteiger partial charge in [-0.1, -0.05) is 37.3 Å². The third-order valence-corrected chi connectivity index (χ3v) is 4.35. The number of hydrogen-bond donors (Lipinski definition) is 0. The minimum atomic E-state index is -0.256. The molecule has 2 heterocycles. The Morgan fingerprint density at radius 1 is 1.09 bits per heavy atom. The van der Waals surface area contributed by atoms with Gasteiger partial charge in [0.2, 0.25) is 0 Å². The highest BCUT2D eigenvalue weighted by molar-refractivity contribution is 5.89. The molecule has 0 bridgehead atoms. The first kappa shape index (κ1) is 13.2. The first-order valence-corrected chi connectivity index (χ1v) is 7.46. The zero-order valence-electron chi connectivity index (χ0n) is 12.3. The largest absolute Gasteiger partial charge is 0.348 e. The van der Waals surface area contributed by atoms with Crippen molar-refractivity contribution in [2.24, 2.45) is 5.92 Å². The molecular weight excluding hydrogens is 277 g/mol. The number of aromatic nitrogens is 2. The predicted octanol–water partition coefficient (Wildman–Crippen LogP) is 3.97. The summed E-state index contributed by atoms with van der Waals surface area (Å²) in [6.07, 6.45) is 1.56. The van der Waals surface area contributed by atoms with Gasteiger partial charge in [-0.3, -0.25) is 0 Å². The van der Waals surface area contributed by atoms with Crippen LogP contribution in [0.25, 0.3) is 10.9 Å². The molecule has 1 aromatic heterocycles. The third kappa shape index (κ3) is 2.03. The number of halogens is 1. The molecule has 1 aliphatic rings. The van der Waals surface area contributed by atoms with E-state index in [1.807, 2.05) is 6.07 Å². The Labute approximate surface area is 128 Å². The zero-order valence-corrected chi connectivity index (χ0v) is 12.3. The second-order valence-corrected chi connectivity index (χ2v) is 5.84. The molecule has 2 aromatic carbocycles. The van der Waals surface area contributed by atoms with Crippen LogP contribution in [-0.2, 0) is 0 Å². The van der Waals surface area contributed by atoms with Crippen molar-refractivity contribution in [3.63, 3.8) is 0 Å². The highest BCUT2D eigenvalue weighted by Gasteiger charge is 2.38. The van der Waals surface area contributed by atoms with E-state index in [0.29, 0.717) is 5.92 Å². The van der Waals surface area contributed by atoms with Crippen LogP contribution in [-0.4, -0.2) is 16.5 Å². The average Bonchev–Trinajstić information content (AvgIpc) is 2.53. The summed E-state index contributed by atoms with van der Waals surface area (Å²) in [7, 11) is 0. The van der Waals surface area contributed by atoms with Gasteiger partial charge in [0.1, 0.15) is 18.0 Å². The molecule has 1 aliphatic heterocycles. The molecule has 0 N–H and O–H groups in total. The molecule has 4 heteroatoms. The molecule has 3 aromatic rings. The van der Waals surface area contributed by atoms with Crippen LogP contribution in [0, 0.1) is 11.7 Å². The maximum atomic E-state index is 13.6. The normalized spacial score (nSPS) is 20.9. The van der Waals surface area contributed by atoms with Gasteiger partial charge in [-0.05, 0) is 29.7 Å². The summed E-state index contributed by atoms with van der Waals surface area (Å²) >= 11 is 0. The molecular formula is C18H16FN3. The summed E-state index contributed by atoms with van der Waals surface area (Å²) in [5.41, 5.74) is 2.04. The highest BCUT2D eigenvalue weighted by Crippen LogP contribution is 2.42. The van der Waals surface area contributed by atoms with E-state index in [-0.39, 0.29) is 11.9 Å². The van der Waals surface area contributed by atoms with Gasteiger partial charge in [0.05, 0.1) is 11.6 Å². The Hall–Kier alpha value is -2.49. The fraction of sp³-hybridized carbons (Fsp3) is 0.222. The summed E-state index contributed by atoms with van der Waals surface area (Å²) in [5.74, 6) is 1.10. The van der Waals surface area contributed by atoms with Crippen LogP contribution in [0.1, 0.15) is 18.5 Å². The molecule has 0 spiro atoms. The molecule has 1 fully saturated rings. The van der Waals surface area contributed by atoms with Crippen molar-refractivity contribution in [2.45, 2.75) is 13.0 Å². The van der Waals surface area contributed by atoms with E-state index in [0.717, 1.165) is 23.3 Å². The van der Waals surface area contributed by atoms with Gasteiger partial charge >= 0.3 is 0 Å². The summed E-state index contributed by atoms with van der Waals surface area (Å²) in [6, 6.07) is 15.3. The van der Waals surface area contributed by atoms with Gasteiger partial charge in [0.25, 0.3) is 0 Å². The Morgan fingerprint density at radius 3 is 2.68 bits per heavy atom. The van der Waals surface area contributed by atoms with Gasteiger partial charge in [-0.2, -0.15) is 0 Å². The minimum absolute atomic E-state index is 0.256. The number of benzene rings is 2. The van der Waals surface area contributed by atoms with Crippen molar-refractivity contribution in [1.82, 2.24) is 9.97 Å². The number of rotatable bonds is 2. The topological polar surface area (TPSA) is 29.0 Å². The van der Waals surface area contributed by atoms with Gasteiger partial charge in [0, 0.05) is 11.9 Å². The van der Waals surface area contributed by atoms with E-state index < -0.39 is 0 Å².